The van der Waals surface area contributed by atoms with Crippen molar-refractivity contribution in [2.45, 2.75) is 51.6 Å². The Morgan fingerprint density at radius 1 is 1.06 bits per heavy atom. The number of hydrogen-bond acceptors (Lipinski definition) is 3. The summed E-state index contributed by atoms with van der Waals surface area (Å²) in [5, 5.41) is 10.1. The molecule has 2 fully saturated rings. The lowest BCUT2D eigenvalue weighted by atomic mass is 9.49. The maximum atomic E-state index is 6.49. The van der Waals surface area contributed by atoms with Crippen LogP contribution in [0.4, 0.5) is 0 Å². The van der Waals surface area contributed by atoms with Gasteiger partial charge in [-0.2, -0.15) is 5.10 Å². The highest BCUT2D eigenvalue weighted by atomic mass is 35.5. The molecule has 2 aliphatic rings. The number of nitrogens with one attached hydrogen (secondary N) is 1. The highest BCUT2D eigenvalue weighted by Crippen LogP contribution is 2.59. The molecule has 2 aliphatic carbocycles. The van der Waals surface area contributed by atoms with Crippen LogP contribution in [0.3, 0.4) is 0 Å². The lowest BCUT2D eigenvalue weighted by Crippen LogP contribution is -2.54. The van der Waals surface area contributed by atoms with Gasteiger partial charge in [-0.3, -0.25) is 9.67 Å². The number of rotatable bonds is 7. The molecule has 0 saturated heterocycles. The molecule has 2 aromatic heterocycles. The van der Waals surface area contributed by atoms with Gasteiger partial charge in [0.25, 0.3) is 0 Å². The van der Waals surface area contributed by atoms with Crippen molar-refractivity contribution in [3.8, 4) is 11.1 Å². The van der Waals surface area contributed by atoms with E-state index in [9.17, 15) is 0 Å². The SMILES string of the molecule is C=C(NC1CC2(CC(CC)C2)C1)c1cc(Cl)cc2cnn(Cc3ccc(-c4ccccc4)cn3)c12. The molecule has 0 unspecified atom stereocenters. The number of benzene rings is 2. The van der Waals surface area contributed by atoms with Gasteiger partial charge >= 0.3 is 0 Å². The lowest BCUT2D eigenvalue weighted by Gasteiger charge is -2.58. The number of nitrogens with zero attached hydrogens (tertiary/aromatic N) is 3. The van der Waals surface area contributed by atoms with Crippen molar-refractivity contribution >= 4 is 28.2 Å². The monoisotopic (exact) mass is 482 g/mol. The lowest BCUT2D eigenvalue weighted by molar-refractivity contribution is -0.0460. The number of fused-ring (bicyclic) bond motifs is 1. The van der Waals surface area contributed by atoms with E-state index in [-0.39, 0.29) is 0 Å². The molecule has 4 aromatic rings. The van der Waals surface area contributed by atoms with Gasteiger partial charge in [0.05, 0.1) is 24.0 Å². The molecule has 1 spiro atoms. The molecule has 4 nitrogen and oxygen atoms in total. The van der Waals surface area contributed by atoms with Gasteiger partial charge in [0.15, 0.2) is 0 Å². The Morgan fingerprint density at radius 2 is 1.86 bits per heavy atom. The zero-order valence-electron chi connectivity index (χ0n) is 20.2. The van der Waals surface area contributed by atoms with Crippen molar-refractivity contribution in [2.24, 2.45) is 11.3 Å². The van der Waals surface area contributed by atoms with Crippen LogP contribution in [0.25, 0.3) is 27.7 Å². The molecule has 6 rings (SSSR count). The number of pyridine rings is 1. The Labute approximate surface area is 212 Å². The van der Waals surface area contributed by atoms with Crippen LogP contribution in [0.1, 0.15) is 50.3 Å². The fourth-order valence-electron chi connectivity index (χ4n) is 6.22. The maximum absolute atomic E-state index is 6.49. The fraction of sp³-hybridized carbons (Fsp3) is 0.333. The summed E-state index contributed by atoms with van der Waals surface area (Å²) in [5.41, 5.74) is 6.83. The minimum absolute atomic E-state index is 0.498. The normalized spacial score (nSPS) is 23.1. The first-order chi connectivity index (χ1) is 17.0. The second kappa shape index (κ2) is 8.83. The molecular formula is C30H31ClN4. The molecule has 2 heterocycles. The molecule has 0 amide bonds. The molecule has 178 valence electrons. The van der Waals surface area contributed by atoms with Crippen LogP contribution < -0.4 is 5.32 Å². The van der Waals surface area contributed by atoms with Crippen LogP contribution in [0, 0.1) is 11.3 Å². The van der Waals surface area contributed by atoms with Crippen molar-refractivity contribution in [1.82, 2.24) is 20.1 Å². The summed E-state index contributed by atoms with van der Waals surface area (Å²) in [5.74, 6) is 0.941. The highest BCUT2D eigenvalue weighted by molar-refractivity contribution is 6.31. The Kier molecular flexibility index (Phi) is 5.64. The van der Waals surface area contributed by atoms with E-state index in [0.29, 0.717) is 23.0 Å². The van der Waals surface area contributed by atoms with Crippen molar-refractivity contribution in [1.29, 1.82) is 0 Å². The summed E-state index contributed by atoms with van der Waals surface area (Å²) in [7, 11) is 0. The summed E-state index contributed by atoms with van der Waals surface area (Å²) in [6.07, 6.45) is 10.4. The van der Waals surface area contributed by atoms with Gasteiger partial charge in [0.2, 0.25) is 0 Å². The number of halogens is 1. The highest BCUT2D eigenvalue weighted by Gasteiger charge is 2.52. The molecule has 0 atom stereocenters. The fourth-order valence-corrected chi connectivity index (χ4v) is 6.44. The second-order valence-corrected chi connectivity index (χ2v) is 10.9. The molecule has 0 bridgehead atoms. The molecule has 1 N–H and O–H groups in total. The Hall–Kier alpha value is -3.11. The zero-order chi connectivity index (χ0) is 24.0. The summed E-state index contributed by atoms with van der Waals surface area (Å²) >= 11 is 6.49. The molecule has 2 aromatic carbocycles. The topological polar surface area (TPSA) is 42.7 Å². The molecule has 2 saturated carbocycles. The van der Waals surface area contributed by atoms with E-state index in [1.54, 1.807) is 0 Å². The Morgan fingerprint density at radius 3 is 2.57 bits per heavy atom. The first kappa shape index (κ1) is 22.4. The average molecular weight is 483 g/mol. The first-order valence-electron chi connectivity index (χ1n) is 12.6. The van der Waals surface area contributed by atoms with Crippen molar-refractivity contribution in [2.75, 3.05) is 0 Å². The average Bonchev–Trinajstić information content (AvgIpc) is 3.22. The number of hydrogen-bond donors (Lipinski definition) is 1. The van der Waals surface area contributed by atoms with Gasteiger partial charge in [-0.1, -0.05) is 67.9 Å². The van der Waals surface area contributed by atoms with Gasteiger partial charge < -0.3 is 5.32 Å². The third kappa shape index (κ3) is 4.25. The molecule has 35 heavy (non-hydrogen) atoms. The molecule has 0 aliphatic heterocycles. The predicted octanol–water partition coefficient (Wildman–Crippen LogP) is 7.33. The predicted molar refractivity (Wildman–Crippen MR) is 144 cm³/mol. The van der Waals surface area contributed by atoms with Gasteiger partial charge in [0, 0.05) is 39.5 Å². The van der Waals surface area contributed by atoms with E-state index < -0.39 is 0 Å². The van der Waals surface area contributed by atoms with Crippen LogP contribution in [-0.2, 0) is 6.54 Å². The number of aromatic nitrogens is 3. The maximum Gasteiger partial charge on any atom is 0.0838 e. The van der Waals surface area contributed by atoms with Crippen LogP contribution in [-0.4, -0.2) is 20.8 Å². The summed E-state index contributed by atoms with van der Waals surface area (Å²) in [4.78, 5) is 4.72. The second-order valence-electron chi connectivity index (χ2n) is 10.5. The van der Waals surface area contributed by atoms with Crippen molar-refractivity contribution in [3.05, 3.63) is 89.8 Å². The van der Waals surface area contributed by atoms with Crippen molar-refractivity contribution in [3.63, 3.8) is 0 Å². The standard InChI is InChI=1S/C30H31ClN4/c1-3-21-13-30(14-21)15-27(16-30)34-20(2)28-12-25(31)11-24-18-33-35(29(24)28)19-26-10-9-23(17-32-26)22-7-5-4-6-8-22/h4-12,17-18,21,27,34H,2-3,13-16,19H2,1H3. The van der Waals surface area contributed by atoms with Gasteiger partial charge in [-0.15, -0.1) is 0 Å². The third-order valence-corrected chi connectivity index (χ3v) is 8.24. The van der Waals surface area contributed by atoms with Crippen LogP contribution in [0.5, 0.6) is 0 Å². The van der Waals surface area contributed by atoms with E-state index in [4.69, 9.17) is 16.6 Å². The van der Waals surface area contributed by atoms with Gasteiger partial charge in [-0.25, -0.2) is 0 Å². The van der Waals surface area contributed by atoms with Gasteiger partial charge in [-0.05, 0) is 60.8 Å². The van der Waals surface area contributed by atoms with E-state index >= 15 is 0 Å². The summed E-state index contributed by atoms with van der Waals surface area (Å²) < 4.78 is 2.01. The minimum Gasteiger partial charge on any atom is -0.382 e. The van der Waals surface area contributed by atoms with Crippen molar-refractivity contribution < 1.29 is 0 Å². The minimum atomic E-state index is 0.498. The first-order valence-corrected chi connectivity index (χ1v) is 13.0. The van der Waals surface area contributed by atoms with Gasteiger partial charge in [0.1, 0.15) is 0 Å². The van der Waals surface area contributed by atoms with E-state index in [2.05, 4.69) is 48.2 Å². The van der Waals surface area contributed by atoms with E-state index in [0.717, 1.165) is 39.3 Å². The van der Waals surface area contributed by atoms with Crippen LogP contribution >= 0.6 is 11.6 Å². The summed E-state index contributed by atoms with van der Waals surface area (Å²) in [6, 6.07) is 19.0. The largest absolute Gasteiger partial charge is 0.382 e. The molecular weight excluding hydrogens is 452 g/mol. The zero-order valence-corrected chi connectivity index (χ0v) is 20.9. The van der Waals surface area contributed by atoms with Crippen LogP contribution in [0.15, 0.2) is 73.6 Å². The van der Waals surface area contributed by atoms with E-state index in [1.165, 1.54) is 37.7 Å². The van der Waals surface area contributed by atoms with Crippen LogP contribution in [0.2, 0.25) is 5.02 Å². The quantitative estimate of drug-likeness (QED) is 0.300. The Balaban J connectivity index is 1.21. The molecule has 5 heteroatoms. The smallest absolute Gasteiger partial charge is 0.0838 e. The van der Waals surface area contributed by atoms with E-state index in [1.807, 2.05) is 47.4 Å². The Bertz CT molecular complexity index is 1360. The third-order valence-electron chi connectivity index (χ3n) is 8.03. The molecule has 0 radical (unpaired) electrons. The summed E-state index contributed by atoms with van der Waals surface area (Å²) in [6.45, 7) is 7.31.